The molecule has 0 N–H and O–H groups in total. The number of hydrogen-bond donors (Lipinski definition) is 0. The third-order valence-corrected chi connectivity index (χ3v) is 3.14. The van der Waals surface area contributed by atoms with Crippen molar-refractivity contribution in [1.82, 2.24) is 4.98 Å². The molecule has 1 aromatic carbocycles. The van der Waals surface area contributed by atoms with Crippen LogP contribution >= 0.6 is 0 Å². The predicted octanol–water partition coefficient (Wildman–Crippen LogP) is 2.64. The minimum atomic E-state index is -0.457. The number of ether oxygens (including phenoxy) is 1. The second-order valence-corrected chi connectivity index (χ2v) is 4.42. The predicted molar refractivity (Wildman–Crippen MR) is 77.1 cm³/mol. The van der Waals surface area contributed by atoms with E-state index in [9.17, 15) is 9.59 Å². The fourth-order valence-electron chi connectivity index (χ4n) is 2.16. The molecule has 0 radical (unpaired) electrons. The zero-order chi connectivity index (χ0) is 14.8. The number of nitrogens with zero attached hydrogens (tertiary/aromatic N) is 1. The number of pyridine rings is 1. The summed E-state index contributed by atoms with van der Waals surface area (Å²) in [7, 11) is 1.32. The lowest BCUT2D eigenvalue weighted by Crippen LogP contribution is -2.04. The van der Waals surface area contributed by atoms with Gasteiger partial charge in [0.15, 0.2) is 0 Å². The van der Waals surface area contributed by atoms with Crippen molar-refractivity contribution in [3.8, 4) is 11.1 Å². The van der Waals surface area contributed by atoms with Crippen molar-refractivity contribution in [2.75, 3.05) is 7.11 Å². The van der Waals surface area contributed by atoms with E-state index in [0.29, 0.717) is 22.1 Å². The van der Waals surface area contributed by atoms with Crippen LogP contribution in [-0.2, 0) is 4.74 Å². The Kier molecular flexibility index (Phi) is 3.23. The van der Waals surface area contributed by atoms with Crippen LogP contribution in [0.25, 0.3) is 22.1 Å². The van der Waals surface area contributed by atoms with Crippen LogP contribution in [0.15, 0.2) is 58.0 Å². The molecule has 0 fully saturated rings. The molecule has 2 heterocycles. The maximum absolute atomic E-state index is 12.0. The molecule has 104 valence electrons. The van der Waals surface area contributed by atoms with Gasteiger partial charge in [-0.25, -0.2) is 9.59 Å². The Bertz CT molecular complexity index is 868. The van der Waals surface area contributed by atoms with E-state index in [1.165, 1.54) is 13.2 Å². The average molecular weight is 281 g/mol. The number of carbonyl (C=O) groups excluding carboxylic acids is 1. The van der Waals surface area contributed by atoms with Gasteiger partial charge in [-0.3, -0.25) is 4.98 Å². The summed E-state index contributed by atoms with van der Waals surface area (Å²) < 4.78 is 9.98. The van der Waals surface area contributed by atoms with E-state index in [0.717, 1.165) is 5.56 Å². The van der Waals surface area contributed by atoms with E-state index in [2.05, 4.69) is 4.98 Å². The van der Waals surface area contributed by atoms with Crippen molar-refractivity contribution < 1.29 is 13.9 Å². The number of methoxy groups -OCH3 is 1. The van der Waals surface area contributed by atoms with Gasteiger partial charge >= 0.3 is 11.6 Å². The van der Waals surface area contributed by atoms with E-state index in [-0.39, 0.29) is 0 Å². The van der Waals surface area contributed by atoms with Crippen LogP contribution in [0.1, 0.15) is 10.4 Å². The van der Waals surface area contributed by atoms with Crippen molar-refractivity contribution in [3.05, 3.63) is 64.8 Å². The SMILES string of the molecule is COC(=O)c1cc2ccc(=O)oc2cc1-c1cccnc1. The number of fused-ring (bicyclic) bond motifs is 1. The van der Waals surface area contributed by atoms with E-state index in [1.54, 1.807) is 36.7 Å². The molecular weight excluding hydrogens is 270 g/mol. The molecule has 0 aliphatic heterocycles. The molecule has 0 spiro atoms. The second-order valence-electron chi connectivity index (χ2n) is 4.42. The van der Waals surface area contributed by atoms with Crippen LogP contribution in [0, 0.1) is 0 Å². The first-order valence-electron chi connectivity index (χ1n) is 6.25. The Balaban J connectivity index is 2.34. The highest BCUT2D eigenvalue weighted by molar-refractivity contribution is 6.01. The van der Waals surface area contributed by atoms with Crippen LogP contribution in [-0.4, -0.2) is 18.1 Å². The first kappa shape index (κ1) is 13.1. The van der Waals surface area contributed by atoms with Crippen LogP contribution in [0.5, 0.6) is 0 Å². The molecule has 21 heavy (non-hydrogen) atoms. The van der Waals surface area contributed by atoms with E-state index in [4.69, 9.17) is 9.15 Å². The zero-order valence-corrected chi connectivity index (χ0v) is 11.2. The van der Waals surface area contributed by atoms with Crippen LogP contribution in [0.2, 0.25) is 0 Å². The van der Waals surface area contributed by atoms with Gasteiger partial charge in [0.2, 0.25) is 0 Å². The summed E-state index contributed by atoms with van der Waals surface area (Å²) in [5.41, 5.74) is 1.72. The summed E-state index contributed by atoms with van der Waals surface area (Å²) in [6, 6.07) is 9.81. The highest BCUT2D eigenvalue weighted by Gasteiger charge is 2.16. The van der Waals surface area contributed by atoms with Crippen molar-refractivity contribution in [3.63, 3.8) is 0 Å². The molecule has 5 heteroatoms. The number of esters is 1. The molecule has 3 rings (SSSR count). The Morgan fingerprint density at radius 2 is 2.10 bits per heavy atom. The van der Waals surface area contributed by atoms with E-state index >= 15 is 0 Å². The quantitative estimate of drug-likeness (QED) is 0.533. The third-order valence-electron chi connectivity index (χ3n) is 3.14. The molecule has 2 aromatic heterocycles. The average Bonchev–Trinajstić information content (AvgIpc) is 2.53. The largest absolute Gasteiger partial charge is 0.465 e. The fraction of sp³-hybridized carbons (Fsp3) is 0.0625. The Hall–Kier alpha value is -2.95. The van der Waals surface area contributed by atoms with E-state index in [1.807, 2.05) is 6.07 Å². The molecule has 0 saturated carbocycles. The molecule has 0 amide bonds. The van der Waals surface area contributed by atoms with Crippen LogP contribution < -0.4 is 5.63 Å². The molecule has 0 unspecified atom stereocenters. The van der Waals surface area contributed by atoms with Gasteiger partial charge < -0.3 is 9.15 Å². The van der Waals surface area contributed by atoms with Crippen LogP contribution in [0.3, 0.4) is 0 Å². The van der Waals surface area contributed by atoms with Crippen LogP contribution in [0.4, 0.5) is 0 Å². The molecule has 3 aromatic rings. The van der Waals surface area contributed by atoms with Gasteiger partial charge in [-0.05, 0) is 24.3 Å². The van der Waals surface area contributed by atoms with Crippen molar-refractivity contribution >= 4 is 16.9 Å². The number of rotatable bonds is 2. The number of aromatic nitrogens is 1. The maximum atomic E-state index is 12.0. The van der Waals surface area contributed by atoms with Gasteiger partial charge in [-0.1, -0.05) is 6.07 Å². The Labute approximate surface area is 119 Å². The summed E-state index contributed by atoms with van der Waals surface area (Å²) in [6.07, 6.45) is 3.27. The summed E-state index contributed by atoms with van der Waals surface area (Å²) >= 11 is 0. The highest BCUT2D eigenvalue weighted by atomic mass is 16.5. The molecule has 5 nitrogen and oxygen atoms in total. The smallest absolute Gasteiger partial charge is 0.338 e. The normalized spacial score (nSPS) is 10.5. The van der Waals surface area contributed by atoms with Gasteiger partial charge in [0.05, 0.1) is 12.7 Å². The number of benzene rings is 1. The lowest BCUT2D eigenvalue weighted by molar-refractivity contribution is 0.0602. The van der Waals surface area contributed by atoms with Crippen molar-refractivity contribution in [2.24, 2.45) is 0 Å². The molecule has 0 saturated heterocycles. The second kappa shape index (κ2) is 5.20. The topological polar surface area (TPSA) is 69.4 Å². The standard InChI is InChI=1S/C16H11NO4/c1-20-16(19)13-7-10-4-5-15(18)21-14(10)8-12(13)11-3-2-6-17-9-11/h2-9H,1H3. The summed E-state index contributed by atoms with van der Waals surface area (Å²) in [5.74, 6) is -0.457. The monoisotopic (exact) mass is 281 g/mol. The summed E-state index contributed by atoms with van der Waals surface area (Å²) in [5, 5.41) is 0.655. The van der Waals surface area contributed by atoms with Gasteiger partial charge in [-0.15, -0.1) is 0 Å². The van der Waals surface area contributed by atoms with Gasteiger partial charge in [-0.2, -0.15) is 0 Å². The number of carbonyl (C=O) groups is 1. The van der Waals surface area contributed by atoms with E-state index < -0.39 is 11.6 Å². The Morgan fingerprint density at radius 1 is 1.24 bits per heavy atom. The lowest BCUT2D eigenvalue weighted by atomic mass is 9.99. The van der Waals surface area contributed by atoms with Gasteiger partial charge in [0.1, 0.15) is 5.58 Å². The minimum absolute atomic E-state index is 0.395. The molecule has 0 aliphatic carbocycles. The molecule has 0 atom stereocenters. The van der Waals surface area contributed by atoms with Gasteiger partial charge in [0.25, 0.3) is 0 Å². The Morgan fingerprint density at radius 3 is 2.81 bits per heavy atom. The summed E-state index contributed by atoms with van der Waals surface area (Å²) in [6.45, 7) is 0. The minimum Gasteiger partial charge on any atom is -0.465 e. The molecule has 0 aliphatic rings. The number of hydrogen-bond acceptors (Lipinski definition) is 5. The van der Waals surface area contributed by atoms with Gasteiger partial charge in [0, 0.05) is 35.0 Å². The highest BCUT2D eigenvalue weighted by Crippen LogP contribution is 2.28. The van der Waals surface area contributed by atoms with Crippen molar-refractivity contribution in [2.45, 2.75) is 0 Å². The fourth-order valence-corrected chi connectivity index (χ4v) is 2.16. The first-order chi connectivity index (χ1) is 10.2. The lowest BCUT2D eigenvalue weighted by Gasteiger charge is -2.09. The molecule has 0 bridgehead atoms. The third kappa shape index (κ3) is 2.41. The zero-order valence-electron chi connectivity index (χ0n) is 11.2. The maximum Gasteiger partial charge on any atom is 0.338 e. The summed E-state index contributed by atoms with van der Waals surface area (Å²) in [4.78, 5) is 27.4. The molecular formula is C16H11NO4. The first-order valence-corrected chi connectivity index (χ1v) is 6.25. The van der Waals surface area contributed by atoms with Crippen molar-refractivity contribution in [1.29, 1.82) is 0 Å².